The maximum absolute atomic E-state index is 12.3. The van der Waals surface area contributed by atoms with E-state index in [-0.39, 0.29) is 5.91 Å². The Morgan fingerprint density at radius 2 is 1.68 bits per heavy atom. The second kappa shape index (κ2) is 7.48. The number of carbonyl (C=O) groups is 1. The number of rotatable bonds is 4. The Bertz CT molecular complexity index is 917. The van der Waals surface area contributed by atoms with Crippen LogP contribution in [0.4, 0.5) is 5.82 Å². The van der Waals surface area contributed by atoms with Gasteiger partial charge >= 0.3 is 0 Å². The molecule has 0 spiro atoms. The zero-order valence-electron chi connectivity index (χ0n) is 13.3. The minimum atomic E-state index is -0.314. The summed E-state index contributed by atoms with van der Waals surface area (Å²) in [5.41, 5.74) is 2.04. The van der Waals surface area contributed by atoms with Gasteiger partial charge in [0.25, 0.3) is 5.91 Å². The lowest BCUT2D eigenvalue weighted by Gasteiger charge is -2.08. The van der Waals surface area contributed by atoms with Gasteiger partial charge in [-0.1, -0.05) is 53.0 Å². The van der Waals surface area contributed by atoms with Crippen LogP contribution in [0.1, 0.15) is 21.6 Å². The molecular formula is C18H14Cl3N3O. The quantitative estimate of drug-likeness (QED) is 0.639. The summed E-state index contributed by atoms with van der Waals surface area (Å²) in [7, 11) is 0. The molecule has 3 aromatic rings. The largest absolute Gasteiger partial charge is 0.305 e. The summed E-state index contributed by atoms with van der Waals surface area (Å²) in [5.74, 6) is 0.122. The van der Waals surface area contributed by atoms with Gasteiger partial charge in [-0.05, 0) is 31.2 Å². The van der Waals surface area contributed by atoms with Crippen molar-refractivity contribution >= 4 is 46.5 Å². The van der Waals surface area contributed by atoms with Crippen molar-refractivity contribution in [1.29, 1.82) is 0 Å². The van der Waals surface area contributed by atoms with E-state index in [0.29, 0.717) is 33.0 Å². The van der Waals surface area contributed by atoms with Crippen LogP contribution in [-0.4, -0.2) is 15.7 Å². The Hall–Kier alpha value is -2.01. The fourth-order valence-electron chi connectivity index (χ4n) is 2.39. The highest BCUT2D eigenvalue weighted by atomic mass is 35.5. The van der Waals surface area contributed by atoms with Gasteiger partial charge < -0.3 is 5.32 Å². The van der Waals surface area contributed by atoms with E-state index in [1.807, 2.05) is 6.92 Å². The topological polar surface area (TPSA) is 46.9 Å². The van der Waals surface area contributed by atoms with Gasteiger partial charge in [0.2, 0.25) is 0 Å². The molecule has 0 atom stereocenters. The Kier molecular flexibility index (Phi) is 5.33. The lowest BCUT2D eigenvalue weighted by Crippen LogP contribution is -2.13. The Balaban J connectivity index is 1.81. The zero-order valence-corrected chi connectivity index (χ0v) is 15.5. The molecule has 0 bridgehead atoms. The molecule has 4 nitrogen and oxygen atoms in total. The van der Waals surface area contributed by atoms with Crippen LogP contribution in [0, 0.1) is 6.92 Å². The van der Waals surface area contributed by atoms with E-state index in [0.717, 1.165) is 11.3 Å². The van der Waals surface area contributed by atoms with Crippen LogP contribution >= 0.6 is 34.8 Å². The lowest BCUT2D eigenvalue weighted by atomic mass is 10.2. The Morgan fingerprint density at radius 3 is 2.36 bits per heavy atom. The Labute approximate surface area is 160 Å². The number of carbonyl (C=O) groups excluding carboxylic acids is 1. The van der Waals surface area contributed by atoms with Crippen LogP contribution in [0.5, 0.6) is 0 Å². The summed E-state index contributed by atoms with van der Waals surface area (Å²) in [4.78, 5) is 12.3. The molecule has 2 aromatic carbocycles. The molecule has 0 fully saturated rings. The first-order valence-corrected chi connectivity index (χ1v) is 8.62. The zero-order chi connectivity index (χ0) is 18.0. The van der Waals surface area contributed by atoms with Gasteiger partial charge in [0.15, 0.2) is 5.82 Å². The van der Waals surface area contributed by atoms with Crippen molar-refractivity contribution < 1.29 is 4.79 Å². The molecule has 1 aromatic heterocycles. The van der Waals surface area contributed by atoms with Crippen molar-refractivity contribution in [1.82, 2.24) is 9.78 Å². The van der Waals surface area contributed by atoms with E-state index >= 15 is 0 Å². The number of hydrogen-bond donors (Lipinski definition) is 1. The highest BCUT2D eigenvalue weighted by molar-refractivity contribution is 6.36. The van der Waals surface area contributed by atoms with Crippen molar-refractivity contribution in [3.8, 4) is 0 Å². The molecular weight excluding hydrogens is 381 g/mol. The van der Waals surface area contributed by atoms with Gasteiger partial charge in [0.1, 0.15) is 0 Å². The minimum Gasteiger partial charge on any atom is -0.305 e. The molecule has 0 unspecified atom stereocenters. The van der Waals surface area contributed by atoms with Crippen molar-refractivity contribution in [2.24, 2.45) is 0 Å². The van der Waals surface area contributed by atoms with E-state index in [9.17, 15) is 4.79 Å². The molecule has 1 amide bonds. The fourth-order valence-corrected chi connectivity index (χ4v) is 3.13. The Morgan fingerprint density at radius 1 is 1.04 bits per heavy atom. The molecule has 25 heavy (non-hydrogen) atoms. The number of aromatic nitrogens is 2. The smallest absolute Gasteiger partial charge is 0.258 e. The third kappa shape index (κ3) is 3.98. The molecule has 3 rings (SSSR count). The predicted molar refractivity (Wildman–Crippen MR) is 102 cm³/mol. The minimum absolute atomic E-state index is 0.314. The molecule has 0 aliphatic heterocycles. The average molecular weight is 395 g/mol. The van der Waals surface area contributed by atoms with Crippen LogP contribution in [0.15, 0.2) is 48.5 Å². The van der Waals surface area contributed by atoms with E-state index < -0.39 is 0 Å². The number of anilines is 1. The monoisotopic (exact) mass is 393 g/mol. The third-order valence-electron chi connectivity index (χ3n) is 3.71. The average Bonchev–Trinajstić information content (AvgIpc) is 2.90. The second-order valence-electron chi connectivity index (χ2n) is 5.46. The van der Waals surface area contributed by atoms with Crippen molar-refractivity contribution in [3.63, 3.8) is 0 Å². The van der Waals surface area contributed by atoms with E-state index in [1.165, 1.54) is 0 Å². The van der Waals surface area contributed by atoms with Crippen LogP contribution in [0.25, 0.3) is 0 Å². The van der Waals surface area contributed by atoms with E-state index in [1.54, 1.807) is 53.2 Å². The summed E-state index contributed by atoms with van der Waals surface area (Å²) in [6.07, 6.45) is 0. The van der Waals surface area contributed by atoms with E-state index in [4.69, 9.17) is 34.8 Å². The molecule has 1 heterocycles. The summed E-state index contributed by atoms with van der Waals surface area (Å²) >= 11 is 18.5. The van der Waals surface area contributed by atoms with Gasteiger partial charge in [-0.3, -0.25) is 9.48 Å². The normalized spacial score (nSPS) is 10.7. The summed E-state index contributed by atoms with van der Waals surface area (Å²) < 4.78 is 1.73. The van der Waals surface area contributed by atoms with Gasteiger partial charge in [-0.15, -0.1) is 0 Å². The molecule has 1 N–H and O–H groups in total. The van der Waals surface area contributed by atoms with Gasteiger partial charge in [-0.25, -0.2) is 0 Å². The van der Waals surface area contributed by atoms with Gasteiger partial charge in [-0.2, -0.15) is 5.10 Å². The number of nitrogens with one attached hydrogen (secondary N) is 1. The predicted octanol–water partition coefficient (Wildman–Crippen LogP) is 5.45. The number of nitrogens with zero attached hydrogens (tertiary/aromatic N) is 2. The number of benzene rings is 2. The molecule has 0 saturated heterocycles. The van der Waals surface area contributed by atoms with Crippen LogP contribution in [0.2, 0.25) is 15.1 Å². The van der Waals surface area contributed by atoms with Crippen molar-refractivity contribution in [2.75, 3.05) is 5.32 Å². The number of halogens is 3. The number of hydrogen-bond acceptors (Lipinski definition) is 2. The highest BCUT2D eigenvalue weighted by Crippen LogP contribution is 2.26. The lowest BCUT2D eigenvalue weighted by molar-refractivity contribution is 0.102. The maximum atomic E-state index is 12.3. The molecule has 0 aliphatic rings. The maximum Gasteiger partial charge on any atom is 0.258 e. The van der Waals surface area contributed by atoms with Crippen LogP contribution in [0.3, 0.4) is 0 Å². The van der Waals surface area contributed by atoms with Crippen LogP contribution < -0.4 is 5.32 Å². The van der Waals surface area contributed by atoms with Crippen molar-refractivity contribution in [2.45, 2.75) is 13.5 Å². The van der Waals surface area contributed by atoms with Gasteiger partial charge in [0.05, 0.1) is 17.1 Å². The van der Waals surface area contributed by atoms with E-state index in [2.05, 4.69) is 10.4 Å². The fraction of sp³-hybridized carbons (Fsp3) is 0.111. The summed E-state index contributed by atoms with van der Waals surface area (Å²) in [5, 5.41) is 8.70. The number of amides is 1. The number of aryl methyl sites for hydroxylation is 1. The van der Waals surface area contributed by atoms with Crippen molar-refractivity contribution in [3.05, 3.63) is 80.4 Å². The molecule has 7 heteroatoms. The summed E-state index contributed by atoms with van der Waals surface area (Å²) in [6, 6.07) is 14.0. The summed E-state index contributed by atoms with van der Waals surface area (Å²) in [6.45, 7) is 2.30. The highest BCUT2D eigenvalue weighted by Gasteiger charge is 2.14. The third-order valence-corrected chi connectivity index (χ3v) is 4.75. The molecule has 0 aliphatic carbocycles. The first-order valence-electron chi connectivity index (χ1n) is 7.49. The van der Waals surface area contributed by atoms with Crippen LogP contribution in [-0.2, 0) is 6.54 Å². The molecule has 0 radical (unpaired) electrons. The molecule has 0 saturated carbocycles. The second-order valence-corrected chi connectivity index (χ2v) is 6.68. The van der Waals surface area contributed by atoms with Gasteiger partial charge in [0, 0.05) is 27.4 Å². The first kappa shape index (κ1) is 17.8. The SMILES string of the molecule is Cc1cc(NC(=O)c2ccccc2Cl)nn1Cc1c(Cl)cccc1Cl. The first-order chi connectivity index (χ1) is 12.0. The standard InChI is InChI=1S/C18H14Cl3N3O/c1-11-9-17(22-18(25)12-5-2-3-6-14(12)19)23-24(11)10-13-15(20)7-4-8-16(13)21/h2-9H,10H2,1H3,(H,22,23,25). The molecule has 128 valence electrons.